The van der Waals surface area contributed by atoms with Crippen LogP contribution in [0.2, 0.25) is 0 Å². The summed E-state index contributed by atoms with van der Waals surface area (Å²) in [5.74, 6) is 0.872. The van der Waals surface area contributed by atoms with E-state index in [1.165, 1.54) is 0 Å². The lowest BCUT2D eigenvalue weighted by atomic mass is 10.1. The van der Waals surface area contributed by atoms with E-state index in [1.807, 2.05) is 17.6 Å². The molecule has 1 unspecified atom stereocenters. The molecule has 3 heterocycles. The molecule has 1 fully saturated rings. The number of rotatable bonds is 6. The summed E-state index contributed by atoms with van der Waals surface area (Å²) in [6, 6.07) is 1.99. The van der Waals surface area contributed by atoms with Crippen LogP contribution in [0.1, 0.15) is 51.9 Å². The van der Waals surface area contributed by atoms with Gasteiger partial charge in [0.1, 0.15) is 5.82 Å². The highest BCUT2D eigenvalue weighted by Crippen LogP contribution is 2.26. The minimum atomic E-state index is 0.0115. The van der Waals surface area contributed by atoms with Crippen molar-refractivity contribution < 1.29 is 0 Å². The van der Waals surface area contributed by atoms with Crippen LogP contribution in [0.25, 0.3) is 11.0 Å². The van der Waals surface area contributed by atoms with E-state index in [-0.39, 0.29) is 11.6 Å². The summed E-state index contributed by atoms with van der Waals surface area (Å²) in [5, 5.41) is 0.582. The van der Waals surface area contributed by atoms with Gasteiger partial charge in [-0.2, -0.15) is 0 Å². The van der Waals surface area contributed by atoms with E-state index in [2.05, 4.69) is 44.6 Å². The van der Waals surface area contributed by atoms with Gasteiger partial charge in [0.15, 0.2) is 5.65 Å². The Bertz CT molecular complexity index is 837. The topological polar surface area (TPSA) is 54.3 Å². The molecule has 2 aromatic rings. The third-order valence-corrected chi connectivity index (χ3v) is 5.93. The van der Waals surface area contributed by atoms with Crippen molar-refractivity contribution in [2.75, 3.05) is 32.7 Å². The Labute approximate surface area is 169 Å². The lowest BCUT2D eigenvalue weighted by molar-refractivity contribution is 0.177. The molecule has 1 aliphatic heterocycles. The summed E-state index contributed by atoms with van der Waals surface area (Å²) in [6.07, 6.45) is 4.93. The second kappa shape index (κ2) is 9.26. The van der Waals surface area contributed by atoms with Crippen LogP contribution in [-0.4, -0.2) is 57.1 Å². The van der Waals surface area contributed by atoms with E-state index >= 15 is 0 Å². The van der Waals surface area contributed by atoms with Crippen LogP contribution < -0.4 is 5.56 Å². The Morgan fingerprint density at radius 3 is 2.67 bits per heavy atom. The molecular formula is C20H30BrN5O. The highest BCUT2D eigenvalue weighted by Gasteiger charge is 2.27. The molecule has 7 heteroatoms. The molecule has 3 rings (SSSR count). The maximum absolute atomic E-state index is 13.1. The molecule has 2 aromatic heterocycles. The number of likely N-dealkylation sites (N-methyl/N-ethyl adjacent to an activating group) is 1. The second-order valence-corrected chi connectivity index (χ2v) is 8.09. The standard InChI is InChI=1S/C20H30BrN5O/c1-4-8-17(25-10-7-9-24(5-2)11-12-25)19-23-18-16(13-15(21)14-22-18)20(27)26(19)6-3/h13-14,17H,4-12H2,1-3H3. The SMILES string of the molecule is CCCC(c1nc2ncc(Br)cc2c(=O)n1CC)N1CCCN(CC)CC1. The van der Waals surface area contributed by atoms with Crippen molar-refractivity contribution in [2.45, 2.75) is 52.6 Å². The lowest BCUT2D eigenvalue weighted by Crippen LogP contribution is -2.37. The van der Waals surface area contributed by atoms with Gasteiger partial charge in [0.25, 0.3) is 5.56 Å². The molecule has 0 radical (unpaired) electrons. The minimum Gasteiger partial charge on any atom is -0.302 e. The number of nitrogens with zero attached hydrogens (tertiary/aromatic N) is 5. The molecule has 0 saturated carbocycles. The Kier molecular flexibility index (Phi) is 7.00. The maximum atomic E-state index is 13.1. The number of hydrogen-bond donors (Lipinski definition) is 0. The molecule has 1 saturated heterocycles. The first kappa shape index (κ1) is 20.4. The zero-order valence-electron chi connectivity index (χ0n) is 16.6. The summed E-state index contributed by atoms with van der Waals surface area (Å²) in [5.41, 5.74) is 0.561. The van der Waals surface area contributed by atoms with Gasteiger partial charge in [0.2, 0.25) is 0 Å². The van der Waals surface area contributed by atoms with Gasteiger partial charge < -0.3 is 4.90 Å². The van der Waals surface area contributed by atoms with E-state index < -0.39 is 0 Å². The van der Waals surface area contributed by atoms with E-state index in [1.54, 1.807) is 6.20 Å². The lowest BCUT2D eigenvalue weighted by Gasteiger charge is -2.31. The Morgan fingerprint density at radius 1 is 1.15 bits per heavy atom. The van der Waals surface area contributed by atoms with Crippen LogP contribution >= 0.6 is 15.9 Å². The fourth-order valence-electron chi connectivity index (χ4n) is 4.02. The van der Waals surface area contributed by atoms with Gasteiger partial charge >= 0.3 is 0 Å². The van der Waals surface area contributed by atoms with Gasteiger partial charge in [-0.05, 0) is 54.9 Å². The molecule has 0 spiro atoms. The van der Waals surface area contributed by atoms with Crippen molar-refractivity contribution in [1.82, 2.24) is 24.3 Å². The molecule has 0 aromatic carbocycles. The number of hydrogen-bond acceptors (Lipinski definition) is 5. The molecule has 1 aliphatic rings. The maximum Gasteiger partial charge on any atom is 0.263 e. The molecule has 1 atom stereocenters. The van der Waals surface area contributed by atoms with Gasteiger partial charge in [-0.25, -0.2) is 9.97 Å². The van der Waals surface area contributed by atoms with Crippen LogP contribution in [0.5, 0.6) is 0 Å². The average molecular weight is 436 g/mol. The quantitative estimate of drug-likeness (QED) is 0.695. The van der Waals surface area contributed by atoms with Gasteiger partial charge in [-0.15, -0.1) is 0 Å². The molecule has 0 aliphatic carbocycles. The predicted molar refractivity (Wildman–Crippen MR) is 113 cm³/mol. The van der Waals surface area contributed by atoms with Gasteiger partial charge in [-0.1, -0.05) is 20.3 Å². The first-order valence-electron chi connectivity index (χ1n) is 10.1. The van der Waals surface area contributed by atoms with Gasteiger partial charge in [-0.3, -0.25) is 14.3 Å². The van der Waals surface area contributed by atoms with Gasteiger partial charge in [0, 0.05) is 36.8 Å². The third-order valence-electron chi connectivity index (χ3n) is 5.49. The highest BCUT2D eigenvalue weighted by atomic mass is 79.9. The fraction of sp³-hybridized carbons (Fsp3) is 0.650. The third kappa shape index (κ3) is 4.41. The fourth-order valence-corrected chi connectivity index (χ4v) is 4.36. The van der Waals surface area contributed by atoms with Crippen molar-refractivity contribution in [1.29, 1.82) is 0 Å². The molecular weight excluding hydrogens is 406 g/mol. The Hall–Kier alpha value is -1.31. The molecule has 148 valence electrons. The van der Waals surface area contributed by atoms with E-state index in [9.17, 15) is 4.79 Å². The van der Waals surface area contributed by atoms with E-state index in [0.29, 0.717) is 17.6 Å². The second-order valence-electron chi connectivity index (χ2n) is 7.17. The number of pyridine rings is 1. The summed E-state index contributed by atoms with van der Waals surface area (Å²) >= 11 is 3.42. The normalized spacial score (nSPS) is 17.9. The summed E-state index contributed by atoms with van der Waals surface area (Å²) in [4.78, 5) is 27.5. The van der Waals surface area contributed by atoms with Crippen LogP contribution in [0.15, 0.2) is 21.5 Å². The van der Waals surface area contributed by atoms with E-state index in [4.69, 9.17) is 4.98 Å². The number of fused-ring (bicyclic) bond motifs is 1. The van der Waals surface area contributed by atoms with Crippen molar-refractivity contribution in [3.8, 4) is 0 Å². The zero-order chi connectivity index (χ0) is 19.4. The Balaban J connectivity index is 2.05. The summed E-state index contributed by atoms with van der Waals surface area (Å²) < 4.78 is 2.65. The average Bonchev–Trinajstić information content (AvgIpc) is 2.92. The first-order valence-corrected chi connectivity index (χ1v) is 10.9. The van der Waals surface area contributed by atoms with Crippen LogP contribution in [0, 0.1) is 0 Å². The number of halogens is 1. The largest absolute Gasteiger partial charge is 0.302 e. The molecule has 6 nitrogen and oxygen atoms in total. The van der Waals surface area contributed by atoms with Crippen molar-refractivity contribution in [3.05, 3.63) is 32.9 Å². The first-order chi connectivity index (χ1) is 13.1. The zero-order valence-corrected chi connectivity index (χ0v) is 18.2. The summed E-state index contributed by atoms with van der Waals surface area (Å²) in [6.45, 7) is 12.5. The van der Waals surface area contributed by atoms with Crippen LogP contribution in [-0.2, 0) is 6.54 Å². The number of aromatic nitrogens is 3. The summed E-state index contributed by atoms with van der Waals surface area (Å²) in [7, 11) is 0. The van der Waals surface area contributed by atoms with Crippen molar-refractivity contribution in [2.24, 2.45) is 0 Å². The minimum absolute atomic E-state index is 0.0115. The monoisotopic (exact) mass is 435 g/mol. The van der Waals surface area contributed by atoms with E-state index in [0.717, 1.165) is 62.3 Å². The highest BCUT2D eigenvalue weighted by molar-refractivity contribution is 9.10. The molecule has 0 bridgehead atoms. The molecule has 27 heavy (non-hydrogen) atoms. The Morgan fingerprint density at radius 2 is 1.96 bits per heavy atom. The molecule has 0 amide bonds. The predicted octanol–water partition coefficient (Wildman–Crippen LogP) is 3.44. The van der Waals surface area contributed by atoms with Crippen LogP contribution in [0.4, 0.5) is 0 Å². The van der Waals surface area contributed by atoms with Crippen LogP contribution in [0.3, 0.4) is 0 Å². The van der Waals surface area contributed by atoms with Crippen molar-refractivity contribution >= 4 is 27.0 Å². The van der Waals surface area contributed by atoms with Gasteiger partial charge in [0.05, 0.1) is 11.4 Å². The molecule has 0 N–H and O–H groups in total. The smallest absolute Gasteiger partial charge is 0.263 e. The van der Waals surface area contributed by atoms with Crippen molar-refractivity contribution in [3.63, 3.8) is 0 Å².